The summed E-state index contributed by atoms with van der Waals surface area (Å²) in [5.41, 5.74) is 5.29. The molecule has 0 saturated carbocycles. The number of nitrogens with one attached hydrogen (secondary N) is 1. The molecule has 0 saturated heterocycles. The summed E-state index contributed by atoms with van der Waals surface area (Å²) in [4.78, 5) is 0. The minimum atomic E-state index is -3.08. The van der Waals surface area contributed by atoms with Crippen LogP contribution in [0, 0.1) is 0 Å². The number of sulfonamides is 1. The molecule has 0 aliphatic rings. The van der Waals surface area contributed by atoms with Crippen molar-refractivity contribution >= 4 is 10.0 Å². The van der Waals surface area contributed by atoms with E-state index in [2.05, 4.69) is 11.6 Å². The normalized spacial score (nSPS) is 11.9. The van der Waals surface area contributed by atoms with Crippen LogP contribution in [0.15, 0.2) is 0 Å². The lowest BCUT2D eigenvalue weighted by atomic mass is 10.1. The Balaban J connectivity index is 3.29. The largest absolute Gasteiger partial charge is 0.330 e. The lowest BCUT2D eigenvalue weighted by Gasteiger charge is -2.06. The third kappa shape index (κ3) is 12.3. The fourth-order valence-electron chi connectivity index (χ4n) is 1.83. The van der Waals surface area contributed by atoms with Crippen LogP contribution in [0.4, 0.5) is 0 Å². The van der Waals surface area contributed by atoms with E-state index in [0.717, 1.165) is 12.8 Å². The molecule has 4 nitrogen and oxygen atoms in total. The van der Waals surface area contributed by atoms with E-state index in [4.69, 9.17) is 5.73 Å². The maximum absolute atomic E-state index is 11.4. The predicted octanol–water partition coefficient (Wildman–Crippen LogP) is 2.40. The zero-order valence-corrected chi connectivity index (χ0v) is 12.6. The molecule has 5 heteroatoms. The monoisotopic (exact) mass is 278 g/mol. The number of nitrogens with two attached hydrogens (primary N) is 1. The Morgan fingerprint density at radius 2 is 1.44 bits per heavy atom. The molecule has 0 radical (unpaired) electrons. The third-order valence-electron chi connectivity index (χ3n) is 2.97. The molecule has 0 aromatic carbocycles. The molecule has 0 aliphatic heterocycles. The molecular weight excluding hydrogens is 248 g/mol. The van der Waals surface area contributed by atoms with Gasteiger partial charge in [-0.2, -0.15) is 0 Å². The highest BCUT2D eigenvalue weighted by molar-refractivity contribution is 7.89. The Hall–Kier alpha value is -0.130. The van der Waals surface area contributed by atoms with Gasteiger partial charge in [0.15, 0.2) is 0 Å². The lowest BCUT2D eigenvalue weighted by molar-refractivity contribution is 0.558. The molecule has 0 amide bonds. The number of hydrogen-bond donors (Lipinski definition) is 2. The molecule has 0 fully saturated rings. The Morgan fingerprint density at radius 3 is 2.00 bits per heavy atom. The summed E-state index contributed by atoms with van der Waals surface area (Å²) in [6.45, 7) is 3.22. The van der Waals surface area contributed by atoms with Crippen molar-refractivity contribution in [2.75, 3.05) is 18.8 Å². The van der Waals surface area contributed by atoms with Crippen LogP contribution in [0.2, 0.25) is 0 Å². The zero-order valence-electron chi connectivity index (χ0n) is 11.8. The first-order valence-corrected chi connectivity index (χ1v) is 8.95. The van der Waals surface area contributed by atoms with Gasteiger partial charge in [0.1, 0.15) is 0 Å². The maximum Gasteiger partial charge on any atom is 0.211 e. The fraction of sp³-hybridized carbons (Fsp3) is 1.00. The van der Waals surface area contributed by atoms with E-state index < -0.39 is 10.0 Å². The summed E-state index contributed by atoms with van der Waals surface area (Å²) < 4.78 is 25.5. The van der Waals surface area contributed by atoms with E-state index in [1.54, 1.807) is 0 Å². The van der Waals surface area contributed by atoms with Gasteiger partial charge in [-0.25, -0.2) is 13.1 Å². The molecule has 0 atom stereocenters. The highest BCUT2D eigenvalue weighted by Crippen LogP contribution is 2.07. The second kappa shape index (κ2) is 11.9. The minimum absolute atomic E-state index is 0.153. The Kier molecular flexibility index (Phi) is 11.8. The molecule has 0 aliphatic carbocycles. The average Bonchev–Trinajstić information content (AvgIpc) is 2.34. The first-order valence-electron chi connectivity index (χ1n) is 7.30. The van der Waals surface area contributed by atoms with Crippen LogP contribution in [0.5, 0.6) is 0 Å². The van der Waals surface area contributed by atoms with Gasteiger partial charge in [-0.05, 0) is 19.4 Å². The van der Waals surface area contributed by atoms with Crippen molar-refractivity contribution < 1.29 is 8.42 Å². The lowest BCUT2D eigenvalue weighted by Crippen LogP contribution is -2.28. The molecular formula is C13H30N2O2S. The van der Waals surface area contributed by atoms with Gasteiger partial charge in [-0.15, -0.1) is 0 Å². The van der Waals surface area contributed by atoms with Crippen LogP contribution in [0.25, 0.3) is 0 Å². The van der Waals surface area contributed by atoms with E-state index >= 15 is 0 Å². The molecule has 0 spiro atoms. The summed E-state index contributed by atoms with van der Waals surface area (Å²) in [7, 11) is -3.08. The predicted molar refractivity (Wildman–Crippen MR) is 78.1 cm³/mol. The van der Waals surface area contributed by atoms with Gasteiger partial charge in [0.2, 0.25) is 10.0 Å². The molecule has 110 valence electrons. The molecule has 0 aromatic rings. The van der Waals surface area contributed by atoms with Crippen molar-refractivity contribution in [3.8, 4) is 0 Å². The van der Waals surface area contributed by atoms with Crippen LogP contribution in [-0.4, -0.2) is 27.3 Å². The van der Waals surface area contributed by atoms with E-state index in [0.29, 0.717) is 19.5 Å². The topological polar surface area (TPSA) is 72.2 Å². The van der Waals surface area contributed by atoms with Crippen LogP contribution in [0.3, 0.4) is 0 Å². The highest BCUT2D eigenvalue weighted by Gasteiger charge is 2.07. The molecule has 18 heavy (non-hydrogen) atoms. The van der Waals surface area contributed by atoms with Crippen molar-refractivity contribution in [1.82, 2.24) is 4.72 Å². The molecule has 3 N–H and O–H groups in total. The van der Waals surface area contributed by atoms with Crippen LogP contribution in [-0.2, 0) is 10.0 Å². The van der Waals surface area contributed by atoms with Crippen LogP contribution < -0.4 is 10.5 Å². The Bertz CT molecular complexity index is 266. The minimum Gasteiger partial charge on any atom is -0.330 e. The van der Waals surface area contributed by atoms with E-state index in [9.17, 15) is 8.42 Å². The fourth-order valence-corrected chi connectivity index (χ4v) is 2.98. The smallest absolute Gasteiger partial charge is 0.211 e. The second-order valence-corrected chi connectivity index (χ2v) is 6.76. The van der Waals surface area contributed by atoms with Crippen molar-refractivity contribution in [3.05, 3.63) is 0 Å². The molecule has 0 unspecified atom stereocenters. The Labute approximate surface area is 113 Å². The van der Waals surface area contributed by atoms with Gasteiger partial charge in [0.05, 0.1) is 5.75 Å². The van der Waals surface area contributed by atoms with Crippen LogP contribution in [0.1, 0.15) is 64.7 Å². The highest BCUT2D eigenvalue weighted by atomic mass is 32.2. The number of rotatable bonds is 13. The summed E-state index contributed by atoms with van der Waals surface area (Å²) >= 11 is 0. The standard InChI is InChI=1S/C13H30N2O2S/c1-2-3-4-5-6-7-8-9-12-15-18(16,17)13-10-11-14/h15H,2-14H2,1H3. The van der Waals surface area contributed by atoms with Crippen molar-refractivity contribution in [2.45, 2.75) is 64.7 Å². The van der Waals surface area contributed by atoms with Crippen molar-refractivity contribution in [2.24, 2.45) is 5.73 Å². The van der Waals surface area contributed by atoms with Crippen LogP contribution >= 0.6 is 0 Å². The number of unbranched alkanes of at least 4 members (excludes halogenated alkanes) is 7. The van der Waals surface area contributed by atoms with Gasteiger partial charge >= 0.3 is 0 Å². The summed E-state index contributed by atoms with van der Waals surface area (Å²) in [6.07, 6.45) is 10.4. The summed E-state index contributed by atoms with van der Waals surface area (Å²) in [5.74, 6) is 0.153. The number of hydrogen-bond acceptors (Lipinski definition) is 3. The first-order chi connectivity index (χ1) is 8.62. The quantitative estimate of drug-likeness (QED) is 0.508. The van der Waals surface area contributed by atoms with E-state index in [-0.39, 0.29) is 5.75 Å². The molecule has 0 rings (SSSR count). The van der Waals surface area contributed by atoms with E-state index in [1.165, 1.54) is 38.5 Å². The van der Waals surface area contributed by atoms with Crippen molar-refractivity contribution in [1.29, 1.82) is 0 Å². The zero-order chi connectivity index (χ0) is 13.7. The first kappa shape index (κ1) is 17.9. The van der Waals surface area contributed by atoms with Gasteiger partial charge in [-0.3, -0.25) is 0 Å². The molecule has 0 aromatic heterocycles. The Morgan fingerprint density at radius 1 is 0.889 bits per heavy atom. The molecule has 0 heterocycles. The maximum atomic E-state index is 11.4. The van der Waals surface area contributed by atoms with Gasteiger partial charge in [0.25, 0.3) is 0 Å². The average molecular weight is 278 g/mol. The third-order valence-corrected chi connectivity index (χ3v) is 4.44. The van der Waals surface area contributed by atoms with Gasteiger partial charge in [0, 0.05) is 6.54 Å². The van der Waals surface area contributed by atoms with E-state index in [1.807, 2.05) is 0 Å². The van der Waals surface area contributed by atoms with Gasteiger partial charge in [-0.1, -0.05) is 51.9 Å². The van der Waals surface area contributed by atoms with Gasteiger partial charge < -0.3 is 5.73 Å². The second-order valence-electron chi connectivity index (χ2n) is 4.83. The summed E-state index contributed by atoms with van der Waals surface area (Å²) in [6, 6.07) is 0. The van der Waals surface area contributed by atoms with Crippen molar-refractivity contribution in [3.63, 3.8) is 0 Å². The molecule has 0 bridgehead atoms. The summed E-state index contributed by atoms with van der Waals surface area (Å²) in [5, 5.41) is 0. The SMILES string of the molecule is CCCCCCCCCCNS(=O)(=O)CCCN.